The summed E-state index contributed by atoms with van der Waals surface area (Å²) in [6.45, 7) is 2.85. The SMILES string of the molecule is CSCc1ccc(CNC(C)c2cccc(Cl)c2)o1. The van der Waals surface area contributed by atoms with Gasteiger partial charge in [0.1, 0.15) is 11.5 Å². The minimum Gasteiger partial charge on any atom is -0.464 e. The molecule has 0 aliphatic carbocycles. The smallest absolute Gasteiger partial charge is 0.118 e. The topological polar surface area (TPSA) is 25.2 Å². The van der Waals surface area contributed by atoms with E-state index in [1.165, 1.54) is 5.56 Å². The average Bonchev–Trinajstić information content (AvgIpc) is 2.84. The maximum Gasteiger partial charge on any atom is 0.118 e. The molecular weight excluding hydrogens is 278 g/mol. The maximum absolute atomic E-state index is 6.00. The largest absolute Gasteiger partial charge is 0.464 e. The summed E-state index contributed by atoms with van der Waals surface area (Å²) in [5, 5.41) is 4.21. The molecule has 0 saturated carbocycles. The Bertz CT molecular complexity index is 526. The number of halogens is 1. The Hall–Kier alpha value is -0.900. The lowest BCUT2D eigenvalue weighted by Gasteiger charge is -2.13. The minimum atomic E-state index is 0.243. The monoisotopic (exact) mass is 295 g/mol. The molecule has 0 bridgehead atoms. The highest BCUT2D eigenvalue weighted by molar-refractivity contribution is 7.97. The van der Waals surface area contributed by atoms with Crippen molar-refractivity contribution in [2.24, 2.45) is 0 Å². The van der Waals surface area contributed by atoms with Gasteiger partial charge in [-0.05, 0) is 43.0 Å². The Morgan fingerprint density at radius 1 is 1.26 bits per heavy atom. The van der Waals surface area contributed by atoms with Crippen LogP contribution in [0.2, 0.25) is 5.02 Å². The molecule has 1 aromatic carbocycles. The second-order valence-corrected chi connectivity index (χ2v) is 5.76. The lowest BCUT2D eigenvalue weighted by atomic mass is 10.1. The van der Waals surface area contributed by atoms with Crippen LogP contribution in [0.25, 0.3) is 0 Å². The van der Waals surface area contributed by atoms with Crippen LogP contribution in [0.5, 0.6) is 0 Å². The van der Waals surface area contributed by atoms with Crippen LogP contribution in [0, 0.1) is 0 Å². The second-order valence-electron chi connectivity index (χ2n) is 4.46. The first-order valence-corrected chi connectivity index (χ1v) is 8.01. The molecule has 2 aromatic rings. The summed E-state index contributed by atoms with van der Waals surface area (Å²) in [7, 11) is 0. The first-order valence-electron chi connectivity index (χ1n) is 6.24. The Morgan fingerprint density at radius 2 is 2.05 bits per heavy atom. The highest BCUT2D eigenvalue weighted by Crippen LogP contribution is 2.18. The van der Waals surface area contributed by atoms with Crippen LogP contribution in [-0.2, 0) is 12.3 Å². The molecule has 1 unspecified atom stereocenters. The fourth-order valence-corrected chi connectivity index (χ4v) is 2.52. The number of rotatable bonds is 6. The van der Waals surface area contributed by atoms with Crippen LogP contribution >= 0.6 is 23.4 Å². The Morgan fingerprint density at radius 3 is 2.79 bits per heavy atom. The third-order valence-corrected chi connectivity index (χ3v) is 3.74. The first-order chi connectivity index (χ1) is 9.19. The summed E-state index contributed by atoms with van der Waals surface area (Å²) >= 11 is 7.76. The van der Waals surface area contributed by atoms with Gasteiger partial charge in [0.05, 0.1) is 12.3 Å². The van der Waals surface area contributed by atoms with Crippen molar-refractivity contribution in [1.29, 1.82) is 0 Å². The van der Waals surface area contributed by atoms with Crippen molar-refractivity contribution in [3.05, 3.63) is 58.5 Å². The quantitative estimate of drug-likeness (QED) is 0.840. The van der Waals surface area contributed by atoms with Gasteiger partial charge >= 0.3 is 0 Å². The zero-order valence-corrected chi connectivity index (χ0v) is 12.7. The number of thioether (sulfide) groups is 1. The van der Waals surface area contributed by atoms with Crippen molar-refractivity contribution in [2.45, 2.75) is 25.3 Å². The standard InChI is InChI=1S/C15H18ClNOS/c1-11(12-4-3-5-13(16)8-12)17-9-14-6-7-15(18-14)10-19-2/h3-8,11,17H,9-10H2,1-2H3. The van der Waals surface area contributed by atoms with Crippen molar-refractivity contribution in [2.75, 3.05) is 6.26 Å². The lowest BCUT2D eigenvalue weighted by molar-refractivity contribution is 0.442. The summed E-state index contributed by atoms with van der Waals surface area (Å²) in [5.74, 6) is 2.92. The summed E-state index contributed by atoms with van der Waals surface area (Å²) in [4.78, 5) is 0. The Kier molecular flexibility index (Phi) is 5.37. The van der Waals surface area contributed by atoms with Gasteiger partial charge in [-0.25, -0.2) is 0 Å². The Labute approximate surface area is 123 Å². The van der Waals surface area contributed by atoms with Gasteiger partial charge in [-0.3, -0.25) is 0 Å². The highest BCUT2D eigenvalue weighted by Gasteiger charge is 2.07. The molecule has 0 fully saturated rings. The van der Waals surface area contributed by atoms with E-state index in [9.17, 15) is 0 Å². The van der Waals surface area contributed by atoms with Crippen molar-refractivity contribution < 1.29 is 4.42 Å². The molecular formula is C15H18ClNOS. The number of furan rings is 1. The van der Waals surface area contributed by atoms with Gasteiger partial charge in [-0.1, -0.05) is 23.7 Å². The van der Waals surface area contributed by atoms with E-state index in [4.69, 9.17) is 16.0 Å². The molecule has 0 saturated heterocycles. The zero-order chi connectivity index (χ0) is 13.7. The normalized spacial score (nSPS) is 12.6. The van der Waals surface area contributed by atoms with Crippen LogP contribution in [-0.4, -0.2) is 6.26 Å². The number of hydrogen-bond acceptors (Lipinski definition) is 3. The first kappa shape index (κ1) is 14.5. The number of nitrogens with one attached hydrogen (secondary N) is 1. The summed E-state index contributed by atoms with van der Waals surface area (Å²) in [6.07, 6.45) is 2.07. The molecule has 1 heterocycles. The average molecular weight is 296 g/mol. The molecule has 4 heteroatoms. The molecule has 0 aliphatic rings. The van der Waals surface area contributed by atoms with Gasteiger partial charge in [-0.2, -0.15) is 11.8 Å². The molecule has 0 spiro atoms. The van der Waals surface area contributed by atoms with Crippen LogP contribution in [0.4, 0.5) is 0 Å². The van der Waals surface area contributed by atoms with E-state index in [0.717, 1.165) is 28.8 Å². The predicted molar refractivity (Wildman–Crippen MR) is 82.6 cm³/mol. The second kappa shape index (κ2) is 7.04. The molecule has 19 heavy (non-hydrogen) atoms. The van der Waals surface area contributed by atoms with Crippen molar-refractivity contribution in [1.82, 2.24) is 5.32 Å². The highest BCUT2D eigenvalue weighted by atomic mass is 35.5. The maximum atomic E-state index is 6.00. The Balaban J connectivity index is 1.90. The molecule has 1 N–H and O–H groups in total. The van der Waals surface area contributed by atoms with Gasteiger partial charge in [0.25, 0.3) is 0 Å². The van der Waals surface area contributed by atoms with E-state index < -0.39 is 0 Å². The van der Waals surface area contributed by atoms with Gasteiger partial charge in [-0.15, -0.1) is 0 Å². The molecule has 0 aliphatic heterocycles. The van der Waals surface area contributed by atoms with E-state index in [-0.39, 0.29) is 6.04 Å². The molecule has 2 nitrogen and oxygen atoms in total. The van der Waals surface area contributed by atoms with Crippen LogP contribution in [0.3, 0.4) is 0 Å². The minimum absolute atomic E-state index is 0.243. The fourth-order valence-electron chi connectivity index (χ4n) is 1.88. The van der Waals surface area contributed by atoms with Crippen molar-refractivity contribution in [3.8, 4) is 0 Å². The van der Waals surface area contributed by atoms with Crippen molar-refractivity contribution in [3.63, 3.8) is 0 Å². The predicted octanol–water partition coefficient (Wildman–Crippen LogP) is 4.65. The molecule has 1 aromatic heterocycles. The molecule has 102 valence electrons. The van der Waals surface area contributed by atoms with E-state index in [0.29, 0.717) is 0 Å². The zero-order valence-electron chi connectivity index (χ0n) is 11.2. The van der Waals surface area contributed by atoms with Crippen LogP contribution in [0.1, 0.15) is 30.0 Å². The van der Waals surface area contributed by atoms with E-state index in [1.807, 2.05) is 30.3 Å². The fraction of sp³-hybridized carbons (Fsp3) is 0.333. The van der Waals surface area contributed by atoms with Gasteiger partial charge in [0.15, 0.2) is 0 Å². The number of hydrogen-bond donors (Lipinski definition) is 1. The summed E-state index contributed by atoms with van der Waals surface area (Å²) < 4.78 is 5.72. The molecule has 0 amide bonds. The third kappa shape index (κ3) is 4.30. The van der Waals surface area contributed by atoms with E-state index in [1.54, 1.807) is 11.8 Å². The van der Waals surface area contributed by atoms with Crippen molar-refractivity contribution >= 4 is 23.4 Å². The molecule has 2 rings (SSSR count). The lowest BCUT2D eigenvalue weighted by Crippen LogP contribution is -2.17. The van der Waals surface area contributed by atoms with E-state index >= 15 is 0 Å². The van der Waals surface area contributed by atoms with Gasteiger partial charge < -0.3 is 9.73 Å². The van der Waals surface area contributed by atoms with E-state index in [2.05, 4.69) is 24.6 Å². The van der Waals surface area contributed by atoms with Crippen LogP contribution in [0.15, 0.2) is 40.8 Å². The number of benzene rings is 1. The molecule has 0 radical (unpaired) electrons. The van der Waals surface area contributed by atoms with Gasteiger partial charge in [0, 0.05) is 11.1 Å². The molecule has 1 atom stereocenters. The summed E-state index contributed by atoms with van der Waals surface area (Å²) in [6, 6.07) is 12.2. The third-order valence-electron chi connectivity index (χ3n) is 2.94. The summed E-state index contributed by atoms with van der Waals surface area (Å²) in [5.41, 5.74) is 1.18. The van der Waals surface area contributed by atoms with Gasteiger partial charge in [0.2, 0.25) is 0 Å². The van der Waals surface area contributed by atoms with Crippen LogP contribution < -0.4 is 5.32 Å².